The number of benzene rings is 2. The number of ether oxygens (including phenoxy) is 1. The van der Waals surface area contributed by atoms with Crippen molar-refractivity contribution in [3.8, 4) is 0 Å². The Hall–Kier alpha value is -2.57. The molecule has 162 valence electrons. The zero-order valence-electron chi connectivity index (χ0n) is 18.1. The summed E-state index contributed by atoms with van der Waals surface area (Å²) in [5.74, 6) is 0.730. The van der Waals surface area contributed by atoms with E-state index in [1.165, 1.54) is 0 Å². The minimum absolute atomic E-state index is 0.00586. The summed E-state index contributed by atoms with van der Waals surface area (Å²) in [6.45, 7) is 3.95. The van der Waals surface area contributed by atoms with E-state index in [2.05, 4.69) is 15.6 Å². The van der Waals surface area contributed by atoms with Crippen molar-refractivity contribution in [2.75, 3.05) is 40.8 Å². The quantitative estimate of drug-likeness (QED) is 0.472. The van der Waals surface area contributed by atoms with Gasteiger partial charge in [0.15, 0.2) is 5.96 Å². The lowest BCUT2D eigenvalue weighted by Crippen LogP contribution is -2.38. The summed E-state index contributed by atoms with van der Waals surface area (Å²) >= 11 is 6.09. The smallest absolute Gasteiger partial charge is 0.253 e. The summed E-state index contributed by atoms with van der Waals surface area (Å²) in [6, 6.07) is 15.4. The number of guanidine groups is 1. The summed E-state index contributed by atoms with van der Waals surface area (Å²) in [7, 11) is 5.18. The third kappa shape index (κ3) is 7.35. The minimum atomic E-state index is -0.173. The van der Waals surface area contributed by atoms with Crippen LogP contribution in [-0.4, -0.2) is 57.6 Å². The number of aliphatic imine (C=N–C) groups is 1. The van der Waals surface area contributed by atoms with E-state index in [4.69, 9.17) is 16.3 Å². The molecule has 1 atom stereocenters. The molecular weight excluding hydrogens is 400 g/mol. The third-order valence-electron chi connectivity index (χ3n) is 4.55. The van der Waals surface area contributed by atoms with Gasteiger partial charge in [-0.15, -0.1) is 0 Å². The molecule has 0 heterocycles. The van der Waals surface area contributed by atoms with Crippen LogP contribution >= 0.6 is 11.6 Å². The van der Waals surface area contributed by atoms with Crippen molar-refractivity contribution in [3.05, 3.63) is 70.2 Å². The second-order valence-corrected chi connectivity index (χ2v) is 7.51. The topological polar surface area (TPSA) is 66.0 Å². The first-order valence-electron chi connectivity index (χ1n) is 10.1. The summed E-state index contributed by atoms with van der Waals surface area (Å²) in [6.07, 6.45) is 0.605. The molecule has 0 bridgehead atoms. The molecule has 0 saturated heterocycles. The first-order chi connectivity index (χ1) is 14.4. The van der Waals surface area contributed by atoms with Gasteiger partial charge in [-0.25, -0.2) is 0 Å². The number of halogens is 1. The molecule has 2 rings (SSSR count). The van der Waals surface area contributed by atoms with E-state index in [0.717, 1.165) is 30.1 Å². The lowest BCUT2D eigenvalue weighted by Gasteiger charge is -2.16. The molecule has 2 aromatic carbocycles. The van der Waals surface area contributed by atoms with Crippen LogP contribution in [0.2, 0.25) is 5.02 Å². The Morgan fingerprint density at radius 3 is 2.60 bits per heavy atom. The number of methoxy groups -OCH3 is 1. The Morgan fingerprint density at radius 1 is 1.17 bits per heavy atom. The molecule has 0 aliphatic carbocycles. The second-order valence-electron chi connectivity index (χ2n) is 7.08. The summed E-state index contributed by atoms with van der Waals surface area (Å²) in [5, 5.41) is 7.28. The van der Waals surface area contributed by atoms with Crippen LogP contribution in [-0.2, 0) is 11.2 Å². The highest BCUT2D eigenvalue weighted by Crippen LogP contribution is 2.20. The molecule has 0 aliphatic heterocycles. The molecule has 0 spiro atoms. The van der Waals surface area contributed by atoms with Gasteiger partial charge in [-0.2, -0.15) is 0 Å². The molecule has 0 fully saturated rings. The van der Waals surface area contributed by atoms with Crippen LogP contribution in [0.25, 0.3) is 0 Å². The Morgan fingerprint density at radius 2 is 1.93 bits per heavy atom. The standard InChI is InChI=1S/C23H31ClN4O2/c1-5-25-23(27-16-21(30-4)18-9-7-11-20(24)15-18)26-13-12-17-8-6-10-19(14-17)22(29)28(2)3/h6-11,14-15,21H,5,12-13,16H2,1-4H3,(H2,25,26,27). The average Bonchev–Trinajstić information content (AvgIpc) is 2.73. The molecule has 0 aliphatic rings. The fourth-order valence-corrected chi connectivity index (χ4v) is 3.18. The van der Waals surface area contributed by atoms with Crippen LogP contribution in [0.15, 0.2) is 53.5 Å². The number of carbonyl (C=O) groups is 1. The van der Waals surface area contributed by atoms with Gasteiger partial charge in [-0.3, -0.25) is 9.79 Å². The molecule has 0 saturated carbocycles. The molecule has 1 amide bonds. The average molecular weight is 431 g/mol. The first-order valence-corrected chi connectivity index (χ1v) is 10.4. The second kappa shape index (κ2) is 12.2. The maximum Gasteiger partial charge on any atom is 0.253 e. The fraction of sp³-hybridized carbons (Fsp3) is 0.391. The maximum atomic E-state index is 12.1. The normalized spacial score (nSPS) is 12.4. The van der Waals surface area contributed by atoms with Gasteiger partial charge in [0.2, 0.25) is 0 Å². The van der Waals surface area contributed by atoms with E-state index in [0.29, 0.717) is 23.7 Å². The highest BCUT2D eigenvalue weighted by Gasteiger charge is 2.11. The molecule has 2 aromatic rings. The van der Waals surface area contributed by atoms with Crippen molar-refractivity contribution >= 4 is 23.5 Å². The molecule has 2 N–H and O–H groups in total. The largest absolute Gasteiger partial charge is 0.375 e. The number of amides is 1. The van der Waals surface area contributed by atoms with Crippen LogP contribution in [0, 0.1) is 0 Å². The number of rotatable bonds is 9. The summed E-state index contributed by atoms with van der Waals surface area (Å²) < 4.78 is 5.59. The summed E-state index contributed by atoms with van der Waals surface area (Å²) in [4.78, 5) is 18.4. The zero-order valence-corrected chi connectivity index (χ0v) is 18.9. The van der Waals surface area contributed by atoms with Crippen LogP contribution in [0.5, 0.6) is 0 Å². The molecule has 1 unspecified atom stereocenters. The highest BCUT2D eigenvalue weighted by molar-refractivity contribution is 6.30. The monoisotopic (exact) mass is 430 g/mol. The number of hydrogen-bond donors (Lipinski definition) is 2. The van der Waals surface area contributed by atoms with Crippen LogP contribution in [0.3, 0.4) is 0 Å². The lowest BCUT2D eigenvalue weighted by molar-refractivity contribution is 0.0827. The van der Waals surface area contributed by atoms with Crippen molar-refractivity contribution in [1.29, 1.82) is 0 Å². The molecule has 30 heavy (non-hydrogen) atoms. The number of nitrogens with zero attached hydrogens (tertiary/aromatic N) is 2. The third-order valence-corrected chi connectivity index (χ3v) is 4.79. The van der Waals surface area contributed by atoms with Gasteiger partial charge < -0.3 is 20.3 Å². The van der Waals surface area contributed by atoms with Gasteiger partial charge in [-0.05, 0) is 48.7 Å². The molecule has 6 nitrogen and oxygen atoms in total. The number of hydrogen-bond acceptors (Lipinski definition) is 3. The van der Waals surface area contributed by atoms with Crippen LogP contribution in [0.1, 0.15) is 34.5 Å². The molecule has 7 heteroatoms. The van der Waals surface area contributed by atoms with E-state index in [-0.39, 0.29) is 12.0 Å². The Balaban J connectivity index is 1.97. The summed E-state index contributed by atoms with van der Waals surface area (Å²) in [5.41, 5.74) is 2.79. The van der Waals surface area contributed by atoms with Crippen molar-refractivity contribution in [1.82, 2.24) is 15.5 Å². The van der Waals surface area contributed by atoms with Gasteiger partial charge in [0.25, 0.3) is 5.91 Å². The Bertz CT molecular complexity index is 855. The van der Waals surface area contributed by atoms with E-state index >= 15 is 0 Å². The molecular formula is C23H31ClN4O2. The predicted molar refractivity (Wildman–Crippen MR) is 123 cm³/mol. The SMILES string of the molecule is CCNC(=NCC(OC)c1cccc(Cl)c1)NCCc1cccc(C(=O)N(C)C)c1. The lowest BCUT2D eigenvalue weighted by atomic mass is 10.1. The van der Waals surface area contributed by atoms with Gasteiger partial charge >= 0.3 is 0 Å². The van der Waals surface area contributed by atoms with Crippen LogP contribution in [0.4, 0.5) is 0 Å². The Labute approximate surface area is 184 Å². The zero-order chi connectivity index (χ0) is 21.9. The van der Waals surface area contributed by atoms with Gasteiger partial charge in [0, 0.05) is 44.9 Å². The van der Waals surface area contributed by atoms with E-state index < -0.39 is 0 Å². The highest BCUT2D eigenvalue weighted by atomic mass is 35.5. The molecule has 0 radical (unpaired) electrons. The van der Waals surface area contributed by atoms with E-state index in [1.807, 2.05) is 55.5 Å². The molecule has 0 aromatic heterocycles. The van der Waals surface area contributed by atoms with E-state index in [9.17, 15) is 4.79 Å². The fourth-order valence-electron chi connectivity index (χ4n) is 2.98. The van der Waals surface area contributed by atoms with Gasteiger partial charge in [-0.1, -0.05) is 35.9 Å². The van der Waals surface area contributed by atoms with Crippen molar-refractivity contribution < 1.29 is 9.53 Å². The Kier molecular flexibility index (Phi) is 9.64. The van der Waals surface area contributed by atoms with E-state index in [1.54, 1.807) is 26.1 Å². The van der Waals surface area contributed by atoms with Crippen molar-refractivity contribution in [2.45, 2.75) is 19.4 Å². The number of carbonyl (C=O) groups excluding carboxylic acids is 1. The van der Waals surface area contributed by atoms with Gasteiger partial charge in [0.1, 0.15) is 6.10 Å². The van der Waals surface area contributed by atoms with Crippen LogP contribution < -0.4 is 10.6 Å². The minimum Gasteiger partial charge on any atom is -0.375 e. The maximum absolute atomic E-state index is 12.1. The first kappa shape index (κ1) is 23.7. The van der Waals surface area contributed by atoms with Crippen molar-refractivity contribution in [2.24, 2.45) is 4.99 Å². The van der Waals surface area contributed by atoms with Gasteiger partial charge in [0.05, 0.1) is 6.54 Å². The predicted octanol–water partition coefficient (Wildman–Crippen LogP) is 3.53. The van der Waals surface area contributed by atoms with Crippen molar-refractivity contribution in [3.63, 3.8) is 0 Å². The number of nitrogens with one attached hydrogen (secondary N) is 2.